The lowest BCUT2D eigenvalue weighted by Crippen LogP contribution is -2.46. The van der Waals surface area contributed by atoms with Crippen molar-refractivity contribution >= 4 is 40.6 Å². The van der Waals surface area contributed by atoms with Gasteiger partial charge in [0.15, 0.2) is 9.84 Å². The summed E-state index contributed by atoms with van der Waals surface area (Å²) in [6, 6.07) is 17.6. The van der Waals surface area contributed by atoms with Crippen LogP contribution in [0.5, 0.6) is 0 Å². The van der Waals surface area contributed by atoms with Crippen LogP contribution in [0.25, 0.3) is 0 Å². The van der Waals surface area contributed by atoms with E-state index in [4.69, 9.17) is 0 Å². The summed E-state index contributed by atoms with van der Waals surface area (Å²) in [6.45, 7) is 6.99. The summed E-state index contributed by atoms with van der Waals surface area (Å²) in [5.74, 6) is -0.969. The zero-order chi connectivity index (χ0) is 30.2. The fourth-order valence-corrected chi connectivity index (χ4v) is 8.72. The molecule has 4 aliphatic rings. The van der Waals surface area contributed by atoms with Crippen LogP contribution in [0.3, 0.4) is 0 Å². The highest BCUT2D eigenvalue weighted by molar-refractivity contribution is 7.90. The molecule has 2 aromatic rings. The average Bonchev–Trinajstić information content (AvgIpc) is 3.52. The molecule has 1 unspecified atom stereocenters. The van der Waals surface area contributed by atoms with Gasteiger partial charge in [-0.05, 0) is 80.3 Å². The molecule has 3 aliphatic heterocycles. The molecule has 0 aromatic heterocycles. The van der Waals surface area contributed by atoms with Crippen LogP contribution in [0.4, 0.5) is 8.78 Å². The maximum absolute atomic E-state index is 13.7. The first kappa shape index (κ1) is 36.1. The van der Waals surface area contributed by atoms with Crippen LogP contribution in [-0.4, -0.2) is 87.0 Å². The summed E-state index contributed by atoms with van der Waals surface area (Å²) in [6.07, 6.45) is 5.12. The smallest absolute Gasteiger partial charge is 0.248 e. The van der Waals surface area contributed by atoms with Crippen molar-refractivity contribution in [1.29, 1.82) is 0 Å². The quantitative estimate of drug-likeness (QED) is 0.327. The zero-order valence-corrected chi connectivity index (χ0v) is 28.5. The standard InChI is InChI=1S/C34H45F2N3O3S.2ClH/c1-43(41,42)30-9-7-26(8-10-30)22-39-20-17-33(32(39)40)15-18-37(19-16-33)23-29-24-38(21-27-11-13-34(35,36)14-12-27)25-31(29)28-5-3-2-4-6-28;;/h2-10,27,29,31H,11-25H2,1H3;2*1H/t29-,31?;;/m0../s1. The number of hydrogen-bond acceptors (Lipinski definition) is 5. The Balaban J connectivity index is 0.00000230. The minimum absolute atomic E-state index is 0. The minimum atomic E-state index is -3.24. The van der Waals surface area contributed by atoms with Gasteiger partial charge in [-0.1, -0.05) is 42.5 Å². The predicted molar refractivity (Wildman–Crippen MR) is 178 cm³/mol. The van der Waals surface area contributed by atoms with Gasteiger partial charge < -0.3 is 14.7 Å². The second-order valence-corrected chi connectivity index (χ2v) is 15.8. The molecule has 1 saturated carbocycles. The van der Waals surface area contributed by atoms with Crippen molar-refractivity contribution in [2.75, 3.05) is 52.1 Å². The van der Waals surface area contributed by atoms with Gasteiger partial charge in [0.05, 0.1) is 10.3 Å². The second-order valence-electron chi connectivity index (χ2n) is 13.8. The van der Waals surface area contributed by atoms with E-state index in [1.807, 2.05) is 17.0 Å². The number of rotatable bonds is 8. The van der Waals surface area contributed by atoms with Gasteiger partial charge in [-0.2, -0.15) is 0 Å². The molecule has 45 heavy (non-hydrogen) atoms. The summed E-state index contributed by atoms with van der Waals surface area (Å²) < 4.78 is 51.1. The van der Waals surface area contributed by atoms with E-state index < -0.39 is 15.8 Å². The number of carbonyl (C=O) groups is 1. The highest BCUT2D eigenvalue weighted by Gasteiger charge is 2.48. The number of amides is 1. The lowest BCUT2D eigenvalue weighted by Gasteiger charge is -2.39. The van der Waals surface area contributed by atoms with Gasteiger partial charge in [-0.3, -0.25) is 4.79 Å². The normalized spacial score (nSPS) is 25.7. The highest BCUT2D eigenvalue weighted by Crippen LogP contribution is 2.43. The van der Waals surface area contributed by atoms with Crippen LogP contribution in [-0.2, 0) is 21.2 Å². The van der Waals surface area contributed by atoms with E-state index in [0.717, 1.165) is 70.6 Å². The van der Waals surface area contributed by atoms with Gasteiger partial charge in [-0.25, -0.2) is 17.2 Å². The Kier molecular flexibility index (Phi) is 11.7. The Bertz CT molecular complexity index is 1380. The summed E-state index contributed by atoms with van der Waals surface area (Å²) >= 11 is 0. The molecule has 4 fully saturated rings. The first-order valence-corrected chi connectivity index (χ1v) is 17.8. The predicted octanol–water partition coefficient (Wildman–Crippen LogP) is 6.29. The summed E-state index contributed by atoms with van der Waals surface area (Å²) in [5.41, 5.74) is 2.03. The van der Waals surface area contributed by atoms with Crippen molar-refractivity contribution < 1.29 is 22.0 Å². The number of alkyl halides is 2. The molecule has 0 N–H and O–H groups in total. The van der Waals surface area contributed by atoms with Crippen LogP contribution >= 0.6 is 24.8 Å². The number of halogens is 4. The third kappa shape index (κ3) is 8.39. The SMILES string of the molecule is CS(=O)(=O)c1ccc(CN2CCC3(CCN(C[C@H]4CN(CC5CCC(F)(F)CC5)CC4c4ccccc4)CC3)C2=O)cc1.Cl.Cl. The largest absolute Gasteiger partial charge is 0.338 e. The van der Waals surface area contributed by atoms with E-state index >= 15 is 0 Å². The Morgan fingerprint density at radius 1 is 0.800 bits per heavy atom. The summed E-state index contributed by atoms with van der Waals surface area (Å²) in [5, 5.41) is 0. The Morgan fingerprint density at radius 2 is 1.42 bits per heavy atom. The van der Waals surface area contributed by atoms with Crippen LogP contribution in [0.15, 0.2) is 59.5 Å². The van der Waals surface area contributed by atoms with Crippen LogP contribution in [0, 0.1) is 17.3 Å². The van der Waals surface area contributed by atoms with E-state index in [-0.39, 0.29) is 49.0 Å². The van der Waals surface area contributed by atoms with Crippen LogP contribution < -0.4 is 0 Å². The molecule has 6 nitrogen and oxygen atoms in total. The third-order valence-electron chi connectivity index (χ3n) is 10.7. The van der Waals surface area contributed by atoms with E-state index in [1.54, 1.807) is 12.1 Å². The molecule has 250 valence electrons. The Morgan fingerprint density at radius 3 is 2.04 bits per heavy atom. The molecular weight excluding hydrogens is 639 g/mol. The average molecular weight is 687 g/mol. The van der Waals surface area contributed by atoms with Crippen molar-refractivity contribution in [3.05, 3.63) is 65.7 Å². The highest BCUT2D eigenvalue weighted by atomic mass is 35.5. The molecule has 6 rings (SSSR count). The number of sulfone groups is 1. The number of carbonyl (C=O) groups excluding carboxylic acids is 1. The first-order valence-electron chi connectivity index (χ1n) is 16.0. The molecule has 2 atom stereocenters. The summed E-state index contributed by atoms with van der Waals surface area (Å²) in [7, 11) is -3.24. The van der Waals surface area contributed by atoms with E-state index in [0.29, 0.717) is 42.0 Å². The molecular formula is C34H47Cl2F2N3O3S. The minimum Gasteiger partial charge on any atom is -0.338 e. The molecule has 2 aromatic carbocycles. The molecule has 3 saturated heterocycles. The molecule has 1 spiro atoms. The lowest BCUT2D eigenvalue weighted by atomic mass is 9.76. The zero-order valence-electron chi connectivity index (χ0n) is 26.1. The van der Waals surface area contributed by atoms with Gasteiger partial charge >= 0.3 is 0 Å². The second kappa shape index (κ2) is 14.5. The van der Waals surface area contributed by atoms with Gasteiger partial charge in [0.1, 0.15) is 0 Å². The maximum Gasteiger partial charge on any atom is 0.248 e. The van der Waals surface area contributed by atoms with Crippen molar-refractivity contribution in [3.63, 3.8) is 0 Å². The number of piperidine rings is 1. The lowest BCUT2D eigenvalue weighted by molar-refractivity contribution is -0.139. The maximum atomic E-state index is 13.7. The Hall–Kier alpha value is -1.78. The fraction of sp³-hybridized carbons (Fsp3) is 0.618. The van der Waals surface area contributed by atoms with Crippen molar-refractivity contribution in [1.82, 2.24) is 14.7 Å². The van der Waals surface area contributed by atoms with Crippen LogP contribution in [0.1, 0.15) is 62.0 Å². The number of likely N-dealkylation sites (tertiary alicyclic amines) is 3. The monoisotopic (exact) mass is 685 g/mol. The third-order valence-corrected chi connectivity index (χ3v) is 11.9. The van der Waals surface area contributed by atoms with E-state index in [2.05, 4.69) is 40.1 Å². The topological polar surface area (TPSA) is 60.9 Å². The van der Waals surface area contributed by atoms with E-state index in [9.17, 15) is 22.0 Å². The molecule has 0 bridgehead atoms. The molecule has 3 heterocycles. The molecule has 1 amide bonds. The molecule has 11 heteroatoms. The molecule has 1 aliphatic carbocycles. The van der Waals surface area contributed by atoms with Crippen molar-refractivity contribution in [3.8, 4) is 0 Å². The van der Waals surface area contributed by atoms with Crippen LogP contribution in [0.2, 0.25) is 0 Å². The van der Waals surface area contributed by atoms with E-state index in [1.165, 1.54) is 11.8 Å². The van der Waals surface area contributed by atoms with Gasteiger partial charge in [0.2, 0.25) is 11.8 Å². The number of nitrogens with zero attached hydrogens (tertiary/aromatic N) is 3. The Labute approximate surface area is 279 Å². The molecule has 0 radical (unpaired) electrons. The number of benzene rings is 2. The number of hydrogen-bond donors (Lipinski definition) is 0. The van der Waals surface area contributed by atoms with Gasteiger partial charge in [0.25, 0.3) is 0 Å². The fourth-order valence-electron chi connectivity index (χ4n) is 8.09. The van der Waals surface area contributed by atoms with Crippen molar-refractivity contribution in [2.24, 2.45) is 17.3 Å². The van der Waals surface area contributed by atoms with Gasteiger partial charge in [0, 0.05) is 64.3 Å². The first-order chi connectivity index (χ1) is 20.5. The van der Waals surface area contributed by atoms with Gasteiger partial charge in [-0.15, -0.1) is 24.8 Å². The van der Waals surface area contributed by atoms with Crippen molar-refractivity contribution in [2.45, 2.75) is 68.2 Å². The summed E-state index contributed by atoms with van der Waals surface area (Å²) in [4.78, 5) is 21.0.